The molecule has 0 aliphatic rings. The van der Waals surface area contributed by atoms with Gasteiger partial charge < -0.3 is 4.57 Å². The van der Waals surface area contributed by atoms with Gasteiger partial charge in [0.05, 0.1) is 6.33 Å². The summed E-state index contributed by atoms with van der Waals surface area (Å²) in [5.41, 5.74) is 0.237. The maximum atomic E-state index is 4.33. The Morgan fingerprint density at radius 3 is 2.26 bits per heavy atom. The number of halogens is 1. The molecule has 1 aromatic rings. The van der Waals surface area contributed by atoms with Crippen LogP contribution in [0.3, 0.4) is 0 Å². The van der Waals surface area contributed by atoms with Crippen LogP contribution < -0.4 is 0 Å². The standard InChI is InChI=1S/C16H29BrN2/c1-4-6-8-9-10-12-16(3,11-7-5-2)19-13-15(17)18-14-19/h13-14H,4-12H2,1-3H3. The highest BCUT2D eigenvalue weighted by atomic mass is 79.9. The van der Waals surface area contributed by atoms with Gasteiger partial charge in [-0.2, -0.15) is 0 Å². The van der Waals surface area contributed by atoms with Crippen molar-refractivity contribution in [1.29, 1.82) is 0 Å². The molecule has 110 valence electrons. The summed E-state index contributed by atoms with van der Waals surface area (Å²) in [5, 5.41) is 0. The molecule has 0 N–H and O–H groups in total. The first-order valence-electron chi connectivity index (χ1n) is 7.82. The first-order chi connectivity index (χ1) is 9.12. The van der Waals surface area contributed by atoms with E-state index in [2.05, 4.69) is 52.4 Å². The van der Waals surface area contributed by atoms with Gasteiger partial charge in [0, 0.05) is 11.7 Å². The lowest BCUT2D eigenvalue weighted by Gasteiger charge is -2.31. The van der Waals surface area contributed by atoms with Crippen LogP contribution in [0.15, 0.2) is 17.1 Å². The van der Waals surface area contributed by atoms with Gasteiger partial charge in [-0.1, -0.05) is 58.8 Å². The van der Waals surface area contributed by atoms with Crippen LogP contribution in [0.4, 0.5) is 0 Å². The lowest BCUT2D eigenvalue weighted by atomic mass is 9.88. The Balaban J connectivity index is 2.54. The quantitative estimate of drug-likeness (QED) is 0.488. The lowest BCUT2D eigenvalue weighted by molar-refractivity contribution is 0.252. The molecular formula is C16H29BrN2. The van der Waals surface area contributed by atoms with E-state index in [4.69, 9.17) is 0 Å². The summed E-state index contributed by atoms with van der Waals surface area (Å²) in [6.45, 7) is 6.93. The number of unbranched alkanes of at least 4 members (excludes halogenated alkanes) is 5. The zero-order valence-electron chi connectivity index (χ0n) is 12.8. The molecule has 0 saturated carbocycles. The maximum absolute atomic E-state index is 4.33. The molecule has 1 aromatic heterocycles. The Bertz CT molecular complexity index is 348. The maximum Gasteiger partial charge on any atom is 0.124 e. The van der Waals surface area contributed by atoms with E-state index in [0.29, 0.717) is 0 Å². The van der Waals surface area contributed by atoms with Gasteiger partial charge in [-0.05, 0) is 35.7 Å². The van der Waals surface area contributed by atoms with E-state index in [1.807, 2.05) is 6.33 Å². The Morgan fingerprint density at radius 2 is 1.68 bits per heavy atom. The summed E-state index contributed by atoms with van der Waals surface area (Å²) in [5.74, 6) is 0. The van der Waals surface area contributed by atoms with E-state index in [0.717, 1.165) is 4.60 Å². The number of nitrogens with zero attached hydrogens (tertiary/aromatic N) is 2. The summed E-state index contributed by atoms with van der Waals surface area (Å²) in [6.07, 6.45) is 16.0. The molecule has 0 amide bonds. The second-order valence-electron chi connectivity index (χ2n) is 5.87. The first kappa shape index (κ1) is 16.7. The van der Waals surface area contributed by atoms with Crippen molar-refractivity contribution in [1.82, 2.24) is 9.55 Å². The average molecular weight is 329 g/mol. The van der Waals surface area contributed by atoms with Gasteiger partial charge in [0.25, 0.3) is 0 Å². The van der Waals surface area contributed by atoms with E-state index in [1.165, 1.54) is 57.8 Å². The van der Waals surface area contributed by atoms with Gasteiger partial charge >= 0.3 is 0 Å². The third kappa shape index (κ3) is 5.68. The van der Waals surface area contributed by atoms with E-state index in [1.54, 1.807) is 0 Å². The van der Waals surface area contributed by atoms with Crippen molar-refractivity contribution < 1.29 is 0 Å². The van der Waals surface area contributed by atoms with Gasteiger partial charge in [0.2, 0.25) is 0 Å². The molecule has 19 heavy (non-hydrogen) atoms. The van der Waals surface area contributed by atoms with E-state index in [-0.39, 0.29) is 5.54 Å². The minimum atomic E-state index is 0.237. The van der Waals surface area contributed by atoms with Gasteiger partial charge in [-0.3, -0.25) is 0 Å². The molecule has 1 heterocycles. The largest absolute Gasteiger partial charge is 0.330 e. The summed E-state index contributed by atoms with van der Waals surface area (Å²) in [7, 11) is 0. The van der Waals surface area contributed by atoms with Crippen molar-refractivity contribution in [3.05, 3.63) is 17.1 Å². The van der Waals surface area contributed by atoms with Crippen molar-refractivity contribution in [3.63, 3.8) is 0 Å². The van der Waals surface area contributed by atoms with E-state index in [9.17, 15) is 0 Å². The molecule has 0 bridgehead atoms. The predicted molar refractivity (Wildman–Crippen MR) is 86.5 cm³/mol. The predicted octanol–water partition coefficient (Wildman–Crippen LogP) is 5.91. The fraction of sp³-hybridized carbons (Fsp3) is 0.812. The van der Waals surface area contributed by atoms with E-state index >= 15 is 0 Å². The first-order valence-corrected chi connectivity index (χ1v) is 8.61. The molecule has 3 heteroatoms. The summed E-state index contributed by atoms with van der Waals surface area (Å²) >= 11 is 3.46. The van der Waals surface area contributed by atoms with Crippen LogP contribution in [0.2, 0.25) is 0 Å². The molecule has 1 rings (SSSR count). The molecule has 1 atom stereocenters. The van der Waals surface area contributed by atoms with Crippen LogP contribution in [0, 0.1) is 0 Å². The van der Waals surface area contributed by atoms with Crippen LogP contribution in [0.1, 0.15) is 78.6 Å². The number of rotatable bonds is 10. The van der Waals surface area contributed by atoms with Gasteiger partial charge in [0.15, 0.2) is 0 Å². The molecule has 0 radical (unpaired) electrons. The molecule has 0 fully saturated rings. The minimum Gasteiger partial charge on any atom is -0.330 e. The highest BCUT2D eigenvalue weighted by Gasteiger charge is 2.25. The van der Waals surface area contributed by atoms with Gasteiger partial charge in [-0.15, -0.1) is 0 Å². The fourth-order valence-electron chi connectivity index (χ4n) is 2.64. The smallest absolute Gasteiger partial charge is 0.124 e. The lowest BCUT2D eigenvalue weighted by Crippen LogP contribution is -2.29. The van der Waals surface area contributed by atoms with Crippen molar-refractivity contribution >= 4 is 15.9 Å². The van der Waals surface area contributed by atoms with Crippen LogP contribution in [-0.4, -0.2) is 9.55 Å². The third-order valence-electron chi connectivity index (χ3n) is 4.06. The Kier molecular flexibility index (Phi) is 7.74. The topological polar surface area (TPSA) is 17.8 Å². The fourth-order valence-corrected chi connectivity index (χ4v) is 2.96. The highest BCUT2D eigenvalue weighted by molar-refractivity contribution is 9.10. The number of hydrogen-bond donors (Lipinski definition) is 0. The highest BCUT2D eigenvalue weighted by Crippen LogP contribution is 2.30. The Morgan fingerprint density at radius 1 is 1.05 bits per heavy atom. The monoisotopic (exact) mass is 328 g/mol. The summed E-state index contributed by atoms with van der Waals surface area (Å²) < 4.78 is 3.26. The molecule has 0 saturated heterocycles. The Hall–Kier alpha value is -0.310. The zero-order chi connectivity index (χ0) is 14.1. The van der Waals surface area contributed by atoms with Crippen LogP contribution in [0.25, 0.3) is 0 Å². The van der Waals surface area contributed by atoms with E-state index < -0.39 is 0 Å². The second kappa shape index (κ2) is 8.78. The van der Waals surface area contributed by atoms with Crippen molar-refractivity contribution in [3.8, 4) is 0 Å². The normalized spacial score (nSPS) is 14.5. The molecule has 1 unspecified atom stereocenters. The second-order valence-corrected chi connectivity index (χ2v) is 6.68. The van der Waals surface area contributed by atoms with Crippen LogP contribution in [0.5, 0.6) is 0 Å². The SMILES string of the molecule is CCCCCCCC(C)(CCCC)n1cnc(Br)c1. The summed E-state index contributed by atoms with van der Waals surface area (Å²) in [4.78, 5) is 4.33. The zero-order valence-corrected chi connectivity index (χ0v) is 14.4. The number of aromatic nitrogens is 2. The number of hydrogen-bond acceptors (Lipinski definition) is 1. The summed E-state index contributed by atoms with van der Waals surface area (Å²) in [6, 6.07) is 0. The van der Waals surface area contributed by atoms with Crippen LogP contribution >= 0.6 is 15.9 Å². The van der Waals surface area contributed by atoms with Crippen molar-refractivity contribution in [2.24, 2.45) is 0 Å². The third-order valence-corrected chi connectivity index (χ3v) is 4.47. The molecular weight excluding hydrogens is 300 g/mol. The number of imidazole rings is 1. The molecule has 0 aliphatic heterocycles. The van der Waals surface area contributed by atoms with Crippen molar-refractivity contribution in [2.75, 3.05) is 0 Å². The van der Waals surface area contributed by atoms with Gasteiger partial charge in [0.1, 0.15) is 4.60 Å². The molecule has 2 nitrogen and oxygen atoms in total. The minimum absolute atomic E-state index is 0.237. The van der Waals surface area contributed by atoms with Crippen LogP contribution in [-0.2, 0) is 5.54 Å². The molecule has 0 aliphatic carbocycles. The van der Waals surface area contributed by atoms with Crippen molar-refractivity contribution in [2.45, 2.75) is 84.1 Å². The Labute approximate surface area is 127 Å². The van der Waals surface area contributed by atoms with Gasteiger partial charge in [-0.25, -0.2) is 4.98 Å². The molecule has 0 spiro atoms. The average Bonchev–Trinajstić information content (AvgIpc) is 2.83. The molecule has 0 aromatic carbocycles.